The number of methoxy groups -OCH3 is 1. The maximum Gasteiger partial charge on any atom is 0.264 e. The van der Waals surface area contributed by atoms with Gasteiger partial charge in [0.2, 0.25) is 0 Å². The van der Waals surface area contributed by atoms with Gasteiger partial charge in [0.1, 0.15) is 5.82 Å². The number of sulfonamides is 1. The van der Waals surface area contributed by atoms with Crippen LogP contribution < -0.4 is 24.7 Å². The van der Waals surface area contributed by atoms with Gasteiger partial charge in [0.15, 0.2) is 17.8 Å². The first-order valence-electron chi connectivity index (χ1n) is 13.1. The molecule has 3 aromatic carbocycles. The van der Waals surface area contributed by atoms with Crippen molar-refractivity contribution in [2.24, 2.45) is 0 Å². The Kier molecular flexibility index (Phi) is 8.55. The normalized spacial score (nSPS) is 14.8. The summed E-state index contributed by atoms with van der Waals surface area (Å²) in [6.45, 7) is 0.785. The standard InChI is InChI=1S/C30H28FN3O7S/c1-39-26-15-12-24(18-27(26)41-28-5-3-17-40-28)34(19-21-4-2-16-32-29(21)35)23-10-6-20(7-11-23)30(36)33-42(37,38)25-13-8-22(31)9-14-25/h2,4,6-16,18,28H,3,5,17,19H2,1H3,(H,32,35)(H,33,36)/t28-/m1/s1. The summed E-state index contributed by atoms with van der Waals surface area (Å²) >= 11 is 0. The first-order valence-corrected chi connectivity index (χ1v) is 14.5. The minimum absolute atomic E-state index is 0.0825. The van der Waals surface area contributed by atoms with Gasteiger partial charge in [-0.3, -0.25) is 9.59 Å². The minimum atomic E-state index is -4.21. The number of ether oxygens (including phenoxy) is 3. The number of nitrogens with zero attached hydrogens (tertiary/aromatic N) is 1. The minimum Gasteiger partial charge on any atom is -0.493 e. The largest absolute Gasteiger partial charge is 0.493 e. The molecule has 0 spiro atoms. The van der Waals surface area contributed by atoms with E-state index in [1.54, 1.807) is 49.7 Å². The van der Waals surface area contributed by atoms with E-state index in [1.807, 2.05) is 15.7 Å². The monoisotopic (exact) mass is 593 g/mol. The lowest BCUT2D eigenvalue weighted by Gasteiger charge is -2.26. The molecule has 12 heteroatoms. The van der Waals surface area contributed by atoms with Crippen LogP contribution in [-0.4, -0.2) is 39.3 Å². The molecule has 4 aromatic rings. The number of halogens is 1. The van der Waals surface area contributed by atoms with E-state index in [2.05, 4.69) is 4.98 Å². The highest BCUT2D eigenvalue weighted by Crippen LogP contribution is 2.37. The molecular weight excluding hydrogens is 565 g/mol. The van der Waals surface area contributed by atoms with Crippen LogP contribution in [0, 0.1) is 5.82 Å². The van der Waals surface area contributed by atoms with Crippen LogP contribution in [0.4, 0.5) is 15.8 Å². The van der Waals surface area contributed by atoms with Crippen LogP contribution in [0.15, 0.2) is 94.7 Å². The van der Waals surface area contributed by atoms with E-state index in [1.165, 1.54) is 12.1 Å². The van der Waals surface area contributed by atoms with E-state index < -0.39 is 28.0 Å². The fourth-order valence-electron chi connectivity index (χ4n) is 4.44. The number of H-pyrrole nitrogens is 1. The summed E-state index contributed by atoms with van der Waals surface area (Å²) in [4.78, 5) is 29.6. The number of amides is 1. The van der Waals surface area contributed by atoms with Crippen molar-refractivity contribution in [3.63, 3.8) is 0 Å². The van der Waals surface area contributed by atoms with Gasteiger partial charge >= 0.3 is 0 Å². The van der Waals surface area contributed by atoms with Crippen LogP contribution in [0.25, 0.3) is 0 Å². The zero-order valence-corrected chi connectivity index (χ0v) is 23.4. The number of carbonyl (C=O) groups is 1. The smallest absolute Gasteiger partial charge is 0.264 e. The average Bonchev–Trinajstić information content (AvgIpc) is 3.50. The fraction of sp³-hybridized carbons (Fsp3) is 0.200. The Morgan fingerprint density at radius 2 is 1.79 bits per heavy atom. The molecule has 1 amide bonds. The first kappa shape index (κ1) is 28.8. The van der Waals surface area contributed by atoms with Crippen molar-refractivity contribution in [2.45, 2.75) is 30.6 Å². The summed E-state index contributed by atoms with van der Waals surface area (Å²) in [6, 6.07) is 19.2. The van der Waals surface area contributed by atoms with E-state index >= 15 is 0 Å². The molecule has 2 N–H and O–H groups in total. The molecule has 218 valence electrons. The molecule has 0 bridgehead atoms. The van der Waals surface area contributed by atoms with Crippen molar-refractivity contribution < 1.29 is 31.8 Å². The third-order valence-corrected chi connectivity index (χ3v) is 7.97. The number of hydrogen-bond acceptors (Lipinski definition) is 8. The molecular formula is C30H28FN3O7S. The van der Waals surface area contributed by atoms with Gasteiger partial charge in [-0.15, -0.1) is 0 Å². The maximum atomic E-state index is 13.2. The van der Waals surface area contributed by atoms with Gasteiger partial charge in [0.25, 0.3) is 21.5 Å². The Balaban J connectivity index is 1.44. The molecule has 1 saturated heterocycles. The zero-order valence-electron chi connectivity index (χ0n) is 22.6. The second-order valence-electron chi connectivity index (χ2n) is 9.44. The van der Waals surface area contributed by atoms with Crippen LogP contribution in [0.2, 0.25) is 0 Å². The molecule has 1 aliphatic rings. The molecule has 1 aromatic heterocycles. The molecule has 1 fully saturated rings. The van der Waals surface area contributed by atoms with E-state index in [4.69, 9.17) is 14.2 Å². The van der Waals surface area contributed by atoms with Crippen LogP contribution >= 0.6 is 0 Å². The molecule has 0 radical (unpaired) electrons. The molecule has 0 aliphatic carbocycles. The van der Waals surface area contributed by atoms with Gasteiger partial charge in [-0.25, -0.2) is 17.5 Å². The van der Waals surface area contributed by atoms with Gasteiger partial charge in [-0.2, -0.15) is 0 Å². The summed E-state index contributed by atoms with van der Waals surface area (Å²) in [6.07, 6.45) is 2.78. The number of carbonyl (C=O) groups excluding carboxylic acids is 1. The Morgan fingerprint density at radius 3 is 2.45 bits per heavy atom. The molecule has 2 heterocycles. The molecule has 5 rings (SSSR count). The SMILES string of the molecule is COc1ccc(N(Cc2ccc[nH]c2=O)c2ccc(C(=O)NS(=O)(=O)c3ccc(F)cc3)cc2)cc1O[C@@H]1CCCO1. The van der Waals surface area contributed by atoms with E-state index in [0.29, 0.717) is 35.0 Å². The number of anilines is 2. The quantitative estimate of drug-likeness (QED) is 0.275. The Morgan fingerprint density at radius 1 is 1.05 bits per heavy atom. The second kappa shape index (κ2) is 12.5. The highest BCUT2D eigenvalue weighted by Gasteiger charge is 2.22. The lowest BCUT2D eigenvalue weighted by Crippen LogP contribution is -2.30. The van der Waals surface area contributed by atoms with Crippen LogP contribution in [-0.2, 0) is 21.3 Å². The summed E-state index contributed by atoms with van der Waals surface area (Å²) in [7, 11) is -2.67. The second-order valence-corrected chi connectivity index (χ2v) is 11.1. The van der Waals surface area contributed by atoms with Crippen molar-refractivity contribution in [3.8, 4) is 11.5 Å². The number of aromatic amines is 1. The summed E-state index contributed by atoms with van der Waals surface area (Å²) in [5.74, 6) is -0.467. The molecule has 1 atom stereocenters. The van der Waals surface area contributed by atoms with Gasteiger partial charge in [-0.1, -0.05) is 6.07 Å². The number of pyridine rings is 1. The number of benzene rings is 3. The van der Waals surface area contributed by atoms with E-state index in [-0.39, 0.29) is 22.6 Å². The van der Waals surface area contributed by atoms with Gasteiger partial charge in [0, 0.05) is 41.2 Å². The number of aromatic nitrogens is 1. The molecule has 1 aliphatic heterocycles. The maximum absolute atomic E-state index is 13.2. The highest BCUT2D eigenvalue weighted by molar-refractivity contribution is 7.90. The van der Waals surface area contributed by atoms with Gasteiger partial charge in [0.05, 0.1) is 25.2 Å². The first-order chi connectivity index (χ1) is 20.2. The molecule has 0 unspecified atom stereocenters. The van der Waals surface area contributed by atoms with E-state index in [0.717, 1.165) is 37.1 Å². The zero-order chi connectivity index (χ0) is 29.7. The summed E-state index contributed by atoms with van der Waals surface area (Å²) < 4.78 is 57.6. The van der Waals surface area contributed by atoms with Crippen molar-refractivity contribution in [1.29, 1.82) is 0 Å². The van der Waals surface area contributed by atoms with Crippen LogP contribution in [0.5, 0.6) is 11.5 Å². The predicted molar refractivity (Wildman–Crippen MR) is 153 cm³/mol. The van der Waals surface area contributed by atoms with Crippen molar-refractivity contribution in [3.05, 3.63) is 112 Å². The molecule has 42 heavy (non-hydrogen) atoms. The Bertz CT molecular complexity index is 1720. The highest BCUT2D eigenvalue weighted by atomic mass is 32.2. The van der Waals surface area contributed by atoms with Crippen molar-refractivity contribution >= 4 is 27.3 Å². The van der Waals surface area contributed by atoms with Crippen molar-refractivity contribution in [2.75, 3.05) is 18.6 Å². The van der Waals surface area contributed by atoms with Gasteiger partial charge in [-0.05, 0) is 73.2 Å². The predicted octanol–water partition coefficient (Wildman–Crippen LogP) is 4.49. The summed E-state index contributed by atoms with van der Waals surface area (Å²) in [5.41, 5.74) is 1.60. The molecule has 10 nitrogen and oxygen atoms in total. The lowest BCUT2D eigenvalue weighted by molar-refractivity contribution is -0.0402. The van der Waals surface area contributed by atoms with Crippen molar-refractivity contribution in [1.82, 2.24) is 9.71 Å². The van der Waals surface area contributed by atoms with Gasteiger partial charge < -0.3 is 24.1 Å². The third-order valence-electron chi connectivity index (χ3n) is 6.63. The Labute approximate surface area is 241 Å². The summed E-state index contributed by atoms with van der Waals surface area (Å²) in [5, 5.41) is 0. The lowest BCUT2D eigenvalue weighted by atomic mass is 10.1. The third kappa shape index (κ3) is 6.61. The number of hydrogen-bond donors (Lipinski definition) is 2. The van der Waals surface area contributed by atoms with Crippen LogP contribution in [0.3, 0.4) is 0 Å². The van der Waals surface area contributed by atoms with E-state index in [9.17, 15) is 22.4 Å². The topological polar surface area (TPSA) is 127 Å². The number of nitrogens with one attached hydrogen (secondary N) is 2. The fourth-order valence-corrected chi connectivity index (χ4v) is 5.41. The average molecular weight is 594 g/mol. The molecule has 0 saturated carbocycles. The Hall–Kier alpha value is -4.68. The number of rotatable bonds is 10. The van der Waals surface area contributed by atoms with Crippen LogP contribution in [0.1, 0.15) is 28.8 Å².